The van der Waals surface area contributed by atoms with Crippen molar-refractivity contribution in [3.05, 3.63) is 22.4 Å². The molecule has 60 valence electrons. The highest BCUT2D eigenvalue weighted by Crippen LogP contribution is 2.13. The minimum atomic E-state index is -0.391. The van der Waals surface area contributed by atoms with Gasteiger partial charge in [-0.2, -0.15) is 0 Å². The number of carbonyl (C=O) groups is 1. The van der Waals surface area contributed by atoms with Gasteiger partial charge in [0.25, 0.3) is 5.91 Å². The van der Waals surface area contributed by atoms with Gasteiger partial charge in [-0.1, -0.05) is 0 Å². The van der Waals surface area contributed by atoms with Crippen LogP contribution in [-0.4, -0.2) is 10.5 Å². The number of hydrogen-bond donors (Lipinski definition) is 1. The summed E-state index contributed by atoms with van der Waals surface area (Å²) < 4.78 is 2.68. The number of carbonyl (C=O) groups excluding carboxylic acids is 1. The minimum Gasteiger partial charge on any atom is -0.364 e. The van der Waals surface area contributed by atoms with Crippen molar-refractivity contribution in [1.82, 2.24) is 4.57 Å². The molecule has 1 amide bonds. The second kappa shape index (κ2) is 3.09. The molecule has 0 aliphatic rings. The Labute approximate surface area is 73.3 Å². The van der Waals surface area contributed by atoms with Crippen LogP contribution >= 0.6 is 15.9 Å². The first-order valence-electron chi connectivity index (χ1n) is 3.30. The second-order valence-electron chi connectivity index (χ2n) is 2.19. The first kappa shape index (κ1) is 8.33. The fourth-order valence-electron chi connectivity index (χ4n) is 0.944. The zero-order chi connectivity index (χ0) is 8.43. The zero-order valence-electron chi connectivity index (χ0n) is 6.17. The number of halogens is 1. The van der Waals surface area contributed by atoms with E-state index in [-0.39, 0.29) is 0 Å². The number of hydrogen-bond acceptors (Lipinski definition) is 1. The van der Waals surface area contributed by atoms with Crippen LogP contribution in [0.4, 0.5) is 0 Å². The maximum atomic E-state index is 10.8. The highest BCUT2D eigenvalue weighted by Gasteiger charge is 2.07. The summed E-state index contributed by atoms with van der Waals surface area (Å²) in [6.07, 6.45) is 1.83. The molecule has 0 radical (unpaired) electrons. The van der Waals surface area contributed by atoms with Crippen molar-refractivity contribution in [2.45, 2.75) is 13.5 Å². The van der Waals surface area contributed by atoms with E-state index in [1.165, 1.54) is 0 Å². The van der Waals surface area contributed by atoms with E-state index in [1.807, 2.05) is 13.1 Å². The molecule has 0 saturated heterocycles. The van der Waals surface area contributed by atoms with Crippen molar-refractivity contribution in [2.75, 3.05) is 0 Å². The van der Waals surface area contributed by atoms with E-state index in [0.717, 1.165) is 11.0 Å². The Balaban J connectivity index is 3.12. The third-order valence-electron chi connectivity index (χ3n) is 1.46. The fourth-order valence-corrected chi connectivity index (χ4v) is 1.41. The summed E-state index contributed by atoms with van der Waals surface area (Å²) >= 11 is 3.26. The molecule has 0 bridgehead atoms. The maximum absolute atomic E-state index is 10.8. The quantitative estimate of drug-likeness (QED) is 0.798. The van der Waals surface area contributed by atoms with Crippen molar-refractivity contribution in [3.63, 3.8) is 0 Å². The number of rotatable bonds is 2. The zero-order valence-corrected chi connectivity index (χ0v) is 7.76. The molecule has 1 aromatic rings. The summed E-state index contributed by atoms with van der Waals surface area (Å²) in [6, 6.07) is 1.71. The van der Waals surface area contributed by atoms with Crippen molar-refractivity contribution >= 4 is 21.8 Å². The molecule has 11 heavy (non-hydrogen) atoms. The van der Waals surface area contributed by atoms with Gasteiger partial charge < -0.3 is 10.3 Å². The van der Waals surface area contributed by atoms with E-state index in [9.17, 15) is 4.79 Å². The van der Waals surface area contributed by atoms with Crippen molar-refractivity contribution in [3.8, 4) is 0 Å². The average Bonchev–Trinajstić information content (AvgIpc) is 2.30. The highest BCUT2D eigenvalue weighted by molar-refractivity contribution is 9.10. The third-order valence-corrected chi connectivity index (χ3v) is 1.89. The summed E-state index contributed by atoms with van der Waals surface area (Å²) in [5.41, 5.74) is 5.66. The number of aromatic nitrogens is 1. The van der Waals surface area contributed by atoms with E-state index in [0.29, 0.717) is 5.69 Å². The van der Waals surface area contributed by atoms with Crippen LogP contribution in [0.3, 0.4) is 0 Å². The van der Waals surface area contributed by atoms with Gasteiger partial charge in [0.15, 0.2) is 0 Å². The van der Waals surface area contributed by atoms with Crippen LogP contribution < -0.4 is 5.73 Å². The van der Waals surface area contributed by atoms with Crippen LogP contribution in [0.1, 0.15) is 17.4 Å². The molecule has 0 spiro atoms. The first-order chi connectivity index (χ1) is 5.15. The Morgan fingerprint density at radius 1 is 1.82 bits per heavy atom. The van der Waals surface area contributed by atoms with Gasteiger partial charge >= 0.3 is 0 Å². The molecule has 1 rings (SSSR count). The number of nitrogens with zero attached hydrogens (tertiary/aromatic N) is 1. The molecule has 0 aromatic carbocycles. The topological polar surface area (TPSA) is 48.0 Å². The van der Waals surface area contributed by atoms with Crippen LogP contribution in [0.5, 0.6) is 0 Å². The largest absolute Gasteiger partial charge is 0.364 e. The number of amides is 1. The normalized spacial score (nSPS) is 10.0. The number of nitrogens with two attached hydrogens (primary N) is 1. The monoisotopic (exact) mass is 216 g/mol. The fraction of sp³-hybridized carbons (Fsp3) is 0.286. The summed E-state index contributed by atoms with van der Waals surface area (Å²) in [6.45, 7) is 2.71. The standard InChI is InChI=1S/C7H9BrN2O/c1-2-10-4-5(8)3-6(10)7(9)11/h3-4H,2H2,1H3,(H2,9,11). The molecule has 1 aromatic heterocycles. The molecular weight excluding hydrogens is 208 g/mol. The molecule has 0 aliphatic heterocycles. The minimum absolute atomic E-state index is 0.391. The van der Waals surface area contributed by atoms with Crippen molar-refractivity contribution < 1.29 is 4.79 Å². The molecule has 2 N–H and O–H groups in total. The van der Waals surface area contributed by atoms with Crippen LogP contribution in [0.25, 0.3) is 0 Å². The van der Waals surface area contributed by atoms with Crippen molar-refractivity contribution in [2.24, 2.45) is 5.73 Å². The average molecular weight is 217 g/mol. The van der Waals surface area contributed by atoms with Gasteiger partial charge in [0.1, 0.15) is 5.69 Å². The Morgan fingerprint density at radius 3 is 2.82 bits per heavy atom. The van der Waals surface area contributed by atoms with Crippen LogP contribution in [0, 0.1) is 0 Å². The van der Waals surface area contributed by atoms with Gasteiger partial charge in [-0.15, -0.1) is 0 Å². The summed E-state index contributed by atoms with van der Waals surface area (Å²) in [5, 5.41) is 0. The summed E-state index contributed by atoms with van der Waals surface area (Å²) in [4.78, 5) is 10.8. The maximum Gasteiger partial charge on any atom is 0.265 e. The van der Waals surface area contributed by atoms with Gasteiger partial charge in [0.2, 0.25) is 0 Å². The molecule has 0 fully saturated rings. The smallest absolute Gasteiger partial charge is 0.265 e. The van der Waals surface area contributed by atoms with Crippen LogP contribution in [0.2, 0.25) is 0 Å². The lowest BCUT2D eigenvalue weighted by atomic mass is 10.4. The van der Waals surface area contributed by atoms with E-state index < -0.39 is 5.91 Å². The summed E-state index contributed by atoms with van der Waals surface area (Å²) in [5.74, 6) is -0.391. The molecule has 0 aliphatic carbocycles. The lowest BCUT2D eigenvalue weighted by molar-refractivity contribution is 0.0991. The highest BCUT2D eigenvalue weighted by atomic mass is 79.9. The molecule has 0 saturated carbocycles. The van der Waals surface area contributed by atoms with E-state index in [1.54, 1.807) is 10.6 Å². The summed E-state index contributed by atoms with van der Waals surface area (Å²) in [7, 11) is 0. The first-order valence-corrected chi connectivity index (χ1v) is 4.10. The second-order valence-corrected chi connectivity index (χ2v) is 3.11. The van der Waals surface area contributed by atoms with Gasteiger partial charge in [-0.25, -0.2) is 0 Å². The van der Waals surface area contributed by atoms with Gasteiger partial charge in [0, 0.05) is 17.2 Å². The lowest BCUT2D eigenvalue weighted by Gasteiger charge is -1.99. The number of primary amides is 1. The van der Waals surface area contributed by atoms with E-state index in [2.05, 4.69) is 15.9 Å². The Bertz CT molecular complexity index is 280. The predicted molar refractivity (Wildman–Crippen MR) is 46.3 cm³/mol. The Hall–Kier alpha value is -0.770. The molecule has 0 unspecified atom stereocenters. The predicted octanol–water partition coefficient (Wildman–Crippen LogP) is 1.37. The third kappa shape index (κ3) is 1.63. The van der Waals surface area contributed by atoms with Gasteiger partial charge in [-0.3, -0.25) is 4.79 Å². The van der Waals surface area contributed by atoms with Crippen LogP contribution in [0.15, 0.2) is 16.7 Å². The van der Waals surface area contributed by atoms with Gasteiger partial charge in [0.05, 0.1) is 0 Å². The lowest BCUT2D eigenvalue weighted by Crippen LogP contribution is -2.15. The number of aryl methyl sites for hydroxylation is 1. The van der Waals surface area contributed by atoms with Gasteiger partial charge in [-0.05, 0) is 28.9 Å². The van der Waals surface area contributed by atoms with Crippen LogP contribution in [-0.2, 0) is 6.54 Å². The Kier molecular flexibility index (Phi) is 2.34. The van der Waals surface area contributed by atoms with E-state index >= 15 is 0 Å². The molecule has 0 atom stereocenters. The molecule has 4 heteroatoms. The SMILES string of the molecule is CCn1cc(Br)cc1C(N)=O. The van der Waals surface area contributed by atoms with Crippen molar-refractivity contribution in [1.29, 1.82) is 0 Å². The van der Waals surface area contributed by atoms with E-state index in [4.69, 9.17) is 5.73 Å². The Morgan fingerprint density at radius 2 is 2.45 bits per heavy atom. The molecule has 1 heterocycles. The molecule has 3 nitrogen and oxygen atoms in total. The molecular formula is C7H9BrN2O.